The van der Waals surface area contributed by atoms with Crippen molar-refractivity contribution >= 4 is 27.8 Å². The minimum absolute atomic E-state index is 0.524. The molecule has 0 saturated heterocycles. The number of hydrogen-bond donors (Lipinski definition) is 1. The standard InChI is InChI=1S/C7H7N3S2/c1-4-5(2-3-11-4)6-9-10-7(8)12-6/h2-3H,1H3,(H2,8,10). The number of anilines is 1. The summed E-state index contributed by atoms with van der Waals surface area (Å²) in [5, 5.41) is 11.2. The second-order valence-corrected chi connectivity index (χ2v) is 4.47. The molecule has 3 nitrogen and oxygen atoms in total. The number of aryl methyl sites for hydroxylation is 1. The number of rotatable bonds is 1. The Hall–Kier alpha value is -0.940. The van der Waals surface area contributed by atoms with Crippen LogP contribution in [0.4, 0.5) is 5.13 Å². The molecule has 2 aromatic heterocycles. The van der Waals surface area contributed by atoms with Gasteiger partial charge in [-0.25, -0.2) is 0 Å². The van der Waals surface area contributed by atoms with E-state index in [-0.39, 0.29) is 0 Å². The first-order valence-electron chi connectivity index (χ1n) is 3.41. The highest BCUT2D eigenvalue weighted by Gasteiger charge is 2.07. The second kappa shape index (κ2) is 2.84. The van der Waals surface area contributed by atoms with Crippen molar-refractivity contribution in [3.05, 3.63) is 16.3 Å². The molecule has 0 fully saturated rings. The van der Waals surface area contributed by atoms with Gasteiger partial charge in [0.1, 0.15) is 0 Å². The minimum atomic E-state index is 0.524. The lowest BCUT2D eigenvalue weighted by Gasteiger charge is -1.89. The summed E-state index contributed by atoms with van der Waals surface area (Å²) in [4.78, 5) is 1.26. The quantitative estimate of drug-likeness (QED) is 0.762. The zero-order valence-corrected chi connectivity index (χ0v) is 8.08. The zero-order chi connectivity index (χ0) is 8.55. The molecule has 2 aromatic rings. The summed E-state index contributed by atoms with van der Waals surface area (Å²) in [7, 11) is 0. The van der Waals surface area contributed by atoms with E-state index in [4.69, 9.17) is 5.73 Å². The van der Waals surface area contributed by atoms with E-state index in [1.807, 2.05) is 11.4 Å². The third-order valence-electron chi connectivity index (χ3n) is 1.53. The SMILES string of the molecule is Cc1sccc1-c1nnc(N)s1. The Balaban J connectivity index is 2.50. The van der Waals surface area contributed by atoms with Crippen LogP contribution in [0.3, 0.4) is 0 Å². The Bertz CT molecular complexity index is 391. The summed E-state index contributed by atoms with van der Waals surface area (Å²) in [6.07, 6.45) is 0. The van der Waals surface area contributed by atoms with E-state index < -0.39 is 0 Å². The summed E-state index contributed by atoms with van der Waals surface area (Å²) >= 11 is 3.13. The number of aromatic nitrogens is 2. The molecule has 0 aliphatic rings. The number of nitrogen functional groups attached to an aromatic ring is 1. The highest BCUT2D eigenvalue weighted by Crippen LogP contribution is 2.30. The first-order chi connectivity index (χ1) is 5.77. The van der Waals surface area contributed by atoms with Gasteiger partial charge in [0.15, 0.2) is 5.01 Å². The molecule has 5 heteroatoms. The predicted molar refractivity (Wildman–Crippen MR) is 52.4 cm³/mol. The van der Waals surface area contributed by atoms with Crippen molar-refractivity contribution in [2.75, 3.05) is 5.73 Å². The van der Waals surface area contributed by atoms with Crippen molar-refractivity contribution in [3.63, 3.8) is 0 Å². The number of thiophene rings is 1. The molecule has 0 bridgehead atoms. The molecule has 0 aliphatic carbocycles. The molecule has 62 valence electrons. The third-order valence-corrected chi connectivity index (χ3v) is 3.16. The molecule has 2 heterocycles. The molecule has 12 heavy (non-hydrogen) atoms. The van der Waals surface area contributed by atoms with Crippen LogP contribution in [0, 0.1) is 6.92 Å². The number of nitrogens with zero attached hydrogens (tertiary/aromatic N) is 2. The maximum atomic E-state index is 5.48. The van der Waals surface area contributed by atoms with Gasteiger partial charge in [-0.15, -0.1) is 21.5 Å². The van der Waals surface area contributed by atoms with E-state index in [1.165, 1.54) is 16.2 Å². The minimum Gasteiger partial charge on any atom is -0.374 e. The van der Waals surface area contributed by atoms with Crippen molar-refractivity contribution in [2.24, 2.45) is 0 Å². The largest absolute Gasteiger partial charge is 0.374 e. The van der Waals surface area contributed by atoms with Gasteiger partial charge in [-0.3, -0.25) is 0 Å². The van der Waals surface area contributed by atoms with Crippen LogP contribution in [0.25, 0.3) is 10.6 Å². The van der Waals surface area contributed by atoms with Crippen LogP contribution in [0.1, 0.15) is 4.88 Å². The van der Waals surface area contributed by atoms with Crippen LogP contribution in [-0.2, 0) is 0 Å². The fourth-order valence-corrected chi connectivity index (χ4v) is 2.41. The van der Waals surface area contributed by atoms with Crippen LogP contribution >= 0.6 is 22.7 Å². The molecule has 0 aliphatic heterocycles. The van der Waals surface area contributed by atoms with Gasteiger partial charge in [0.05, 0.1) is 0 Å². The maximum absolute atomic E-state index is 5.48. The van der Waals surface area contributed by atoms with Gasteiger partial charge in [0, 0.05) is 10.4 Å². The van der Waals surface area contributed by atoms with E-state index in [9.17, 15) is 0 Å². The van der Waals surface area contributed by atoms with E-state index in [0.717, 1.165) is 10.6 Å². The van der Waals surface area contributed by atoms with Gasteiger partial charge in [-0.05, 0) is 18.4 Å². The normalized spacial score (nSPS) is 10.4. The molecule has 0 unspecified atom stereocenters. The van der Waals surface area contributed by atoms with Crippen LogP contribution < -0.4 is 5.73 Å². The third kappa shape index (κ3) is 1.21. The summed E-state index contributed by atoms with van der Waals surface area (Å²) in [5.41, 5.74) is 6.63. The molecule has 0 spiro atoms. The average molecular weight is 197 g/mol. The molecule has 0 radical (unpaired) electrons. The average Bonchev–Trinajstić information content (AvgIpc) is 2.58. The smallest absolute Gasteiger partial charge is 0.203 e. The van der Waals surface area contributed by atoms with E-state index in [2.05, 4.69) is 17.1 Å². The van der Waals surface area contributed by atoms with Gasteiger partial charge in [0.25, 0.3) is 0 Å². The van der Waals surface area contributed by atoms with Gasteiger partial charge in [-0.1, -0.05) is 11.3 Å². The topological polar surface area (TPSA) is 51.8 Å². The Labute approximate surface area is 77.9 Å². The molecule has 0 aromatic carbocycles. The van der Waals surface area contributed by atoms with E-state index >= 15 is 0 Å². The van der Waals surface area contributed by atoms with Crippen molar-refractivity contribution in [1.82, 2.24) is 10.2 Å². The van der Waals surface area contributed by atoms with Crippen molar-refractivity contribution in [3.8, 4) is 10.6 Å². The number of hydrogen-bond acceptors (Lipinski definition) is 5. The lowest BCUT2D eigenvalue weighted by molar-refractivity contribution is 1.10. The fraction of sp³-hybridized carbons (Fsp3) is 0.143. The van der Waals surface area contributed by atoms with Crippen LogP contribution in [-0.4, -0.2) is 10.2 Å². The molecule has 2 rings (SSSR count). The van der Waals surface area contributed by atoms with Crippen LogP contribution in [0.2, 0.25) is 0 Å². The Kier molecular flexibility index (Phi) is 1.82. The van der Waals surface area contributed by atoms with E-state index in [0.29, 0.717) is 5.13 Å². The van der Waals surface area contributed by atoms with Crippen molar-refractivity contribution in [1.29, 1.82) is 0 Å². The predicted octanol–water partition coefficient (Wildman–Crippen LogP) is 2.16. The zero-order valence-electron chi connectivity index (χ0n) is 6.44. The first kappa shape index (κ1) is 7.70. The van der Waals surface area contributed by atoms with Gasteiger partial charge in [0.2, 0.25) is 5.13 Å². The van der Waals surface area contributed by atoms with Crippen LogP contribution in [0.5, 0.6) is 0 Å². The van der Waals surface area contributed by atoms with E-state index in [1.54, 1.807) is 11.3 Å². The summed E-state index contributed by atoms with van der Waals surface area (Å²) < 4.78 is 0. The van der Waals surface area contributed by atoms with Gasteiger partial charge in [-0.2, -0.15) is 0 Å². The van der Waals surface area contributed by atoms with Gasteiger partial charge < -0.3 is 5.73 Å². The lowest BCUT2D eigenvalue weighted by atomic mass is 10.3. The highest BCUT2D eigenvalue weighted by molar-refractivity contribution is 7.18. The molecule has 0 amide bonds. The Morgan fingerprint density at radius 3 is 2.75 bits per heavy atom. The molecular formula is C7H7N3S2. The first-order valence-corrected chi connectivity index (χ1v) is 5.10. The molecule has 2 N–H and O–H groups in total. The Morgan fingerprint density at radius 2 is 2.25 bits per heavy atom. The lowest BCUT2D eigenvalue weighted by Crippen LogP contribution is -1.80. The number of nitrogens with two attached hydrogens (primary N) is 1. The second-order valence-electron chi connectivity index (χ2n) is 2.34. The summed E-state index contributed by atoms with van der Waals surface area (Å²) in [5.74, 6) is 0. The van der Waals surface area contributed by atoms with Crippen molar-refractivity contribution in [2.45, 2.75) is 6.92 Å². The highest BCUT2D eigenvalue weighted by atomic mass is 32.1. The molecule has 0 saturated carbocycles. The summed E-state index contributed by atoms with van der Waals surface area (Å²) in [6.45, 7) is 2.07. The van der Waals surface area contributed by atoms with Gasteiger partial charge >= 0.3 is 0 Å². The monoisotopic (exact) mass is 197 g/mol. The maximum Gasteiger partial charge on any atom is 0.203 e. The Morgan fingerprint density at radius 1 is 1.42 bits per heavy atom. The fourth-order valence-electron chi connectivity index (χ4n) is 0.950. The van der Waals surface area contributed by atoms with Crippen LogP contribution in [0.15, 0.2) is 11.4 Å². The summed E-state index contributed by atoms with van der Waals surface area (Å²) in [6, 6.07) is 2.04. The van der Waals surface area contributed by atoms with Crippen molar-refractivity contribution < 1.29 is 0 Å². The molecule has 0 atom stereocenters. The molecular weight excluding hydrogens is 190 g/mol.